The number of nitrogens with zero attached hydrogens (tertiary/aromatic N) is 2. The minimum atomic E-state index is -0.0430. The molecule has 1 aromatic heterocycles. The van der Waals surface area contributed by atoms with Gasteiger partial charge >= 0.3 is 0 Å². The lowest BCUT2D eigenvalue weighted by Crippen LogP contribution is -2.43. The first-order valence-electron chi connectivity index (χ1n) is 8.74. The maximum atomic E-state index is 12.6. The molecule has 25 heavy (non-hydrogen) atoms. The molecule has 0 saturated heterocycles. The van der Waals surface area contributed by atoms with Crippen LogP contribution in [0.1, 0.15) is 43.5 Å². The van der Waals surface area contributed by atoms with Gasteiger partial charge in [-0.1, -0.05) is 44.4 Å². The van der Waals surface area contributed by atoms with Gasteiger partial charge < -0.3 is 10.1 Å². The van der Waals surface area contributed by atoms with E-state index < -0.39 is 0 Å². The number of hydrogen-bond acceptors (Lipinski definition) is 3. The Labute approximate surface area is 153 Å². The van der Waals surface area contributed by atoms with E-state index in [-0.39, 0.29) is 18.7 Å². The fourth-order valence-electron chi connectivity index (χ4n) is 3.31. The summed E-state index contributed by atoms with van der Waals surface area (Å²) in [5, 5.41) is 7.81. The van der Waals surface area contributed by atoms with E-state index in [2.05, 4.69) is 24.3 Å². The summed E-state index contributed by atoms with van der Waals surface area (Å²) in [5.41, 5.74) is 0.612. The summed E-state index contributed by atoms with van der Waals surface area (Å²) in [6.07, 6.45) is 6.71. The second kappa shape index (κ2) is 7.91. The average molecular weight is 362 g/mol. The molecule has 134 valence electrons. The van der Waals surface area contributed by atoms with Crippen LogP contribution in [-0.4, -0.2) is 21.7 Å². The molecule has 1 aliphatic carbocycles. The van der Waals surface area contributed by atoms with E-state index in [4.69, 9.17) is 16.3 Å². The third-order valence-corrected chi connectivity index (χ3v) is 5.28. The van der Waals surface area contributed by atoms with E-state index in [1.807, 2.05) is 18.2 Å². The second-order valence-corrected chi connectivity index (χ2v) is 7.28. The second-order valence-electron chi connectivity index (χ2n) is 6.85. The van der Waals surface area contributed by atoms with Crippen molar-refractivity contribution in [2.75, 3.05) is 0 Å². The fraction of sp³-hybridized carbons (Fsp3) is 0.474. The number of hydrogen-bond donors (Lipinski definition) is 1. The van der Waals surface area contributed by atoms with E-state index in [0.29, 0.717) is 28.2 Å². The van der Waals surface area contributed by atoms with Gasteiger partial charge in [-0.15, -0.1) is 0 Å². The fourth-order valence-corrected chi connectivity index (χ4v) is 3.47. The van der Waals surface area contributed by atoms with E-state index in [9.17, 15) is 4.79 Å². The Hall–Kier alpha value is -2.01. The molecule has 5 nitrogen and oxygen atoms in total. The van der Waals surface area contributed by atoms with Crippen LogP contribution in [0.4, 0.5) is 0 Å². The number of benzene rings is 1. The summed E-state index contributed by atoms with van der Waals surface area (Å²) in [6.45, 7) is 4.73. The highest BCUT2D eigenvalue weighted by Crippen LogP contribution is 2.29. The molecule has 1 aromatic carbocycles. The van der Waals surface area contributed by atoms with Gasteiger partial charge in [-0.05, 0) is 36.5 Å². The van der Waals surface area contributed by atoms with Gasteiger partial charge in [0.05, 0.1) is 11.2 Å². The predicted molar refractivity (Wildman–Crippen MR) is 97.7 cm³/mol. The van der Waals surface area contributed by atoms with Crippen molar-refractivity contribution in [1.82, 2.24) is 15.1 Å². The molecule has 1 aliphatic rings. The zero-order valence-corrected chi connectivity index (χ0v) is 15.4. The first-order valence-corrected chi connectivity index (χ1v) is 9.12. The summed E-state index contributed by atoms with van der Waals surface area (Å²) in [5.74, 6) is 1.74. The predicted octanol–water partition coefficient (Wildman–Crippen LogP) is 4.13. The molecule has 1 amide bonds. The Kier molecular flexibility index (Phi) is 5.63. The summed E-state index contributed by atoms with van der Waals surface area (Å²) in [7, 11) is 0. The van der Waals surface area contributed by atoms with Gasteiger partial charge in [-0.3, -0.25) is 4.79 Å². The molecule has 0 spiro atoms. The van der Waals surface area contributed by atoms with Gasteiger partial charge in [0, 0.05) is 17.8 Å². The number of aromatic nitrogens is 2. The van der Waals surface area contributed by atoms with Crippen LogP contribution in [0.5, 0.6) is 5.75 Å². The van der Waals surface area contributed by atoms with Gasteiger partial charge in [-0.2, -0.15) is 5.10 Å². The van der Waals surface area contributed by atoms with E-state index in [0.717, 1.165) is 6.42 Å². The van der Waals surface area contributed by atoms with E-state index >= 15 is 0 Å². The highest BCUT2D eigenvalue weighted by Gasteiger charge is 2.28. The quantitative estimate of drug-likeness (QED) is 0.871. The zero-order valence-electron chi connectivity index (χ0n) is 14.6. The van der Waals surface area contributed by atoms with Crippen LogP contribution < -0.4 is 10.1 Å². The molecule has 3 unspecified atom stereocenters. The lowest BCUT2D eigenvalue weighted by Gasteiger charge is -2.34. The molecule has 2 aromatic rings. The number of carbonyl (C=O) groups is 1. The van der Waals surface area contributed by atoms with Gasteiger partial charge in [0.1, 0.15) is 5.75 Å². The topological polar surface area (TPSA) is 56.1 Å². The molecule has 1 N–H and O–H groups in total. The smallest absolute Gasteiger partial charge is 0.251 e. The van der Waals surface area contributed by atoms with Crippen LogP contribution in [0.25, 0.3) is 0 Å². The Morgan fingerprint density at radius 1 is 1.40 bits per heavy atom. The molecular formula is C19H24ClN3O2. The third-order valence-electron chi connectivity index (χ3n) is 5.08. The first kappa shape index (κ1) is 17.8. The Bertz CT molecular complexity index is 731. The molecule has 0 bridgehead atoms. The Morgan fingerprint density at radius 3 is 3.00 bits per heavy atom. The highest BCUT2D eigenvalue weighted by molar-refractivity contribution is 6.30. The maximum absolute atomic E-state index is 12.6. The largest absolute Gasteiger partial charge is 0.471 e. The number of carbonyl (C=O) groups excluding carboxylic acids is 1. The zero-order chi connectivity index (χ0) is 17.8. The molecule has 1 saturated carbocycles. The van der Waals surface area contributed by atoms with E-state index in [1.54, 1.807) is 23.1 Å². The van der Waals surface area contributed by atoms with Crippen LogP contribution in [0.2, 0.25) is 5.02 Å². The van der Waals surface area contributed by atoms with Crippen molar-refractivity contribution < 1.29 is 9.53 Å². The summed E-state index contributed by atoms with van der Waals surface area (Å²) >= 11 is 5.83. The molecule has 1 fully saturated rings. The van der Waals surface area contributed by atoms with Crippen molar-refractivity contribution in [3.63, 3.8) is 0 Å². The van der Waals surface area contributed by atoms with Crippen molar-refractivity contribution in [3.8, 4) is 5.75 Å². The molecule has 1 heterocycles. The average Bonchev–Trinajstić information content (AvgIpc) is 3.03. The maximum Gasteiger partial charge on any atom is 0.251 e. The minimum absolute atomic E-state index is 0.0430. The van der Waals surface area contributed by atoms with Crippen molar-refractivity contribution in [3.05, 3.63) is 47.2 Å². The summed E-state index contributed by atoms with van der Waals surface area (Å²) in [6, 6.07) is 7.47. The lowest BCUT2D eigenvalue weighted by atomic mass is 9.78. The van der Waals surface area contributed by atoms with E-state index in [1.165, 1.54) is 12.8 Å². The number of nitrogens with one attached hydrogen (secondary N) is 1. The van der Waals surface area contributed by atoms with Crippen LogP contribution in [-0.2, 0) is 6.73 Å². The summed E-state index contributed by atoms with van der Waals surface area (Å²) < 4.78 is 7.28. The van der Waals surface area contributed by atoms with Crippen LogP contribution >= 0.6 is 11.6 Å². The van der Waals surface area contributed by atoms with Gasteiger partial charge in [0.15, 0.2) is 6.73 Å². The summed E-state index contributed by atoms with van der Waals surface area (Å²) in [4.78, 5) is 12.6. The first-order chi connectivity index (χ1) is 12.0. The third kappa shape index (κ3) is 4.54. The number of ether oxygens (including phenoxy) is 1. The Balaban J connectivity index is 1.61. The minimum Gasteiger partial charge on any atom is -0.471 e. The molecule has 0 aliphatic heterocycles. The van der Waals surface area contributed by atoms with Gasteiger partial charge in [-0.25, -0.2) is 4.68 Å². The molecule has 6 heteroatoms. The standard InChI is InChI=1S/C19H24ClN3O2/c1-13-5-3-8-18(14(13)2)22-19(24)15-6-4-7-17(9-15)25-12-23-11-16(20)10-21-23/h4,6-7,9-11,13-14,18H,3,5,8,12H2,1-2H3,(H,22,24). The Morgan fingerprint density at radius 2 is 2.24 bits per heavy atom. The molecule has 0 radical (unpaired) electrons. The highest BCUT2D eigenvalue weighted by atomic mass is 35.5. The van der Waals surface area contributed by atoms with Crippen LogP contribution in [0.3, 0.4) is 0 Å². The normalized spacial score (nSPS) is 23.2. The van der Waals surface area contributed by atoms with Gasteiger partial charge in [0.25, 0.3) is 5.91 Å². The van der Waals surface area contributed by atoms with Crippen molar-refractivity contribution >= 4 is 17.5 Å². The van der Waals surface area contributed by atoms with Gasteiger partial charge in [0.2, 0.25) is 0 Å². The SMILES string of the molecule is CC1CCCC(NC(=O)c2cccc(OCn3cc(Cl)cn3)c2)C1C. The van der Waals surface area contributed by atoms with Crippen LogP contribution in [0.15, 0.2) is 36.7 Å². The van der Waals surface area contributed by atoms with Crippen molar-refractivity contribution in [2.24, 2.45) is 11.8 Å². The monoisotopic (exact) mass is 361 g/mol. The number of amides is 1. The molecule has 3 atom stereocenters. The van der Waals surface area contributed by atoms with Crippen molar-refractivity contribution in [1.29, 1.82) is 0 Å². The molecular weight excluding hydrogens is 338 g/mol. The lowest BCUT2D eigenvalue weighted by molar-refractivity contribution is 0.0890. The molecule has 3 rings (SSSR count). The number of rotatable bonds is 5. The van der Waals surface area contributed by atoms with Crippen molar-refractivity contribution in [2.45, 2.75) is 45.9 Å². The number of halogens is 1. The van der Waals surface area contributed by atoms with Crippen LogP contribution in [0, 0.1) is 11.8 Å².